The highest BCUT2D eigenvalue weighted by Gasteiger charge is 2.20. The number of benzene rings is 2. The van der Waals surface area contributed by atoms with Crippen molar-refractivity contribution in [1.29, 1.82) is 5.26 Å². The highest BCUT2D eigenvalue weighted by molar-refractivity contribution is 9.10. The van der Waals surface area contributed by atoms with Gasteiger partial charge >= 0.3 is 5.97 Å². The van der Waals surface area contributed by atoms with Crippen molar-refractivity contribution in [2.24, 2.45) is 0 Å². The molecule has 0 saturated heterocycles. The Kier molecular flexibility index (Phi) is 5.08. The standard InChI is InChI=1S/C17H12BrNO3/c1-11(16(20)13-6-8-15(18)9-7-13)22-17(21)14-4-2-12(10-19)3-5-14/h2-9,11H,1H3. The Morgan fingerprint density at radius 2 is 1.59 bits per heavy atom. The predicted molar refractivity (Wildman–Crippen MR) is 84.5 cm³/mol. The minimum absolute atomic E-state index is 0.269. The van der Waals surface area contributed by atoms with Crippen molar-refractivity contribution >= 4 is 27.7 Å². The van der Waals surface area contributed by atoms with Gasteiger partial charge in [-0.1, -0.05) is 28.1 Å². The minimum Gasteiger partial charge on any atom is -0.451 e. The number of hydrogen-bond donors (Lipinski definition) is 0. The quantitative estimate of drug-likeness (QED) is 0.617. The third-order valence-electron chi connectivity index (χ3n) is 3.03. The van der Waals surface area contributed by atoms with E-state index < -0.39 is 12.1 Å². The first-order valence-corrected chi connectivity index (χ1v) is 7.31. The fourth-order valence-electron chi connectivity index (χ4n) is 1.81. The Balaban J connectivity index is 2.05. The van der Waals surface area contributed by atoms with Gasteiger partial charge < -0.3 is 4.74 Å². The van der Waals surface area contributed by atoms with E-state index in [1.807, 2.05) is 6.07 Å². The zero-order chi connectivity index (χ0) is 16.1. The molecule has 1 atom stereocenters. The topological polar surface area (TPSA) is 67.2 Å². The molecule has 0 aliphatic heterocycles. The molecule has 0 aromatic heterocycles. The van der Waals surface area contributed by atoms with Gasteiger partial charge in [-0.2, -0.15) is 5.26 Å². The summed E-state index contributed by atoms with van der Waals surface area (Å²) < 4.78 is 6.04. The summed E-state index contributed by atoms with van der Waals surface area (Å²) in [6, 6.07) is 14.8. The summed E-state index contributed by atoms with van der Waals surface area (Å²) in [5.74, 6) is -0.864. The second kappa shape index (κ2) is 7.01. The van der Waals surface area contributed by atoms with Crippen LogP contribution in [0.25, 0.3) is 0 Å². The first kappa shape index (κ1) is 15.9. The molecule has 2 rings (SSSR count). The molecule has 5 heteroatoms. The fraction of sp³-hybridized carbons (Fsp3) is 0.118. The minimum atomic E-state index is -0.885. The van der Waals surface area contributed by atoms with Gasteiger partial charge in [-0.05, 0) is 43.3 Å². The van der Waals surface area contributed by atoms with Gasteiger partial charge in [0.15, 0.2) is 6.10 Å². The number of esters is 1. The molecular weight excluding hydrogens is 346 g/mol. The van der Waals surface area contributed by atoms with Crippen LogP contribution in [0.1, 0.15) is 33.2 Å². The van der Waals surface area contributed by atoms with Crippen LogP contribution < -0.4 is 0 Å². The predicted octanol–water partition coefficient (Wildman–Crippen LogP) is 3.75. The number of rotatable bonds is 4. The van der Waals surface area contributed by atoms with Gasteiger partial charge in [0.2, 0.25) is 5.78 Å². The van der Waals surface area contributed by atoms with Crippen molar-refractivity contribution in [3.63, 3.8) is 0 Å². The van der Waals surface area contributed by atoms with Crippen LogP contribution in [0.15, 0.2) is 53.0 Å². The van der Waals surface area contributed by atoms with Crippen LogP contribution in [0.2, 0.25) is 0 Å². The van der Waals surface area contributed by atoms with Crippen LogP contribution in [0, 0.1) is 11.3 Å². The fourth-order valence-corrected chi connectivity index (χ4v) is 2.08. The van der Waals surface area contributed by atoms with Crippen LogP contribution in [-0.2, 0) is 4.74 Å². The van der Waals surface area contributed by atoms with Gasteiger partial charge in [0.1, 0.15) is 0 Å². The number of carbonyl (C=O) groups is 2. The Bertz CT molecular complexity index is 730. The number of ketones is 1. The molecule has 1 unspecified atom stereocenters. The van der Waals surface area contributed by atoms with Crippen molar-refractivity contribution in [1.82, 2.24) is 0 Å². The van der Waals surface area contributed by atoms with E-state index in [1.54, 1.807) is 24.3 Å². The van der Waals surface area contributed by atoms with Gasteiger partial charge in [0.05, 0.1) is 17.2 Å². The Morgan fingerprint density at radius 3 is 2.14 bits per heavy atom. The lowest BCUT2D eigenvalue weighted by molar-refractivity contribution is 0.0319. The molecule has 110 valence electrons. The zero-order valence-corrected chi connectivity index (χ0v) is 13.3. The zero-order valence-electron chi connectivity index (χ0n) is 11.7. The number of nitrogens with zero attached hydrogens (tertiary/aromatic N) is 1. The van der Waals surface area contributed by atoms with Crippen LogP contribution in [-0.4, -0.2) is 17.9 Å². The summed E-state index contributed by atoms with van der Waals surface area (Å²) in [7, 11) is 0. The summed E-state index contributed by atoms with van der Waals surface area (Å²) in [5, 5.41) is 8.72. The number of hydrogen-bond acceptors (Lipinski definition) is 4. The average Bonchev–Trinajstić information content (AvgIpc) is 2.54. The molecule has 22 heavy (non-hydrogen) atoms. The number of ether oxygens (including phenoxy) is 1. The van der Waals surface area contributed by atoms with Crippen LogP contribution >= 0.6 is 15.9 Å². The molecule has 0 bridgehead atoms. The normalized spacial score (nSPS) is 11.3. The molecule has 2 aromatic carbocycles. The van der Waals surface area contributed by atoms with E-state index in [1.165, 1.54) is 31.2 Å². The third kappa shape index (κ3) is 3.80. The summed E-state index contributed by atoms with van der Waals surface area (Å²) >= 11 is 3.29. The van der Waals surface area contributed by atoms with Gasteiger partial charge in [-0.15, -0.1) is 0 Å². The largest absolute Gasteiger partial charge is 0.451 e. The van der Waals surface area contributed by atoms with E-state index in [0.717, 1.165) is 4.47 Å². The highest BCUT2D eigenvalue weighted by atomic mass is 79.9. The first-order valence-electron chi connectivity index (χ1n) is 6.52. The molecule has 0 heterocycles. The average molecular weight is 358 g/mol. The Hall–Kier alpha value is -2.45. The Morgan fingerprint density at radius 1 is 1.05 bits per heavy atom. The van der Waals surface area contributed by atoms with Crippen molar-refractivity contribution in [2.75, 3.05) is 0 Å². The van der Waals surface area contributed by atoms with Crippen molar-refractivity contribution < 1.29 is 14.3 Å². The van der Waals surface area contributed by atoms with Crippen LogP contribution in [0.4, 0.5) is 0 Å². The second-order valence-electron chi connectivity index (χ2n) is 4.61. The van der Waals surface area contributed by atoms with E-state index in [4.69, 9.17) is 10.00 Å². The maximum absolute atomic E-state index is 12.2. The Labute approximate surface area is 136 Å². The smallest absolute Gasteiger partial charge is 0.338 e. The molecule has 0 spiro atoms. The second-order valence-corrected chi connectivity index (χ2v) is 5.52. The van der Waals surface area contributed by atoms with Gasteiger partial charge in [-0.25, -0.2) is 4.79 Å². The molecule has 0 fully saturated rings. The van der Waals surface area contributed by atoms with E-state index in [2.05, 4.69) is 15.9 Å². The molecule has 0 saturated carbocycles. The number of carbonyl (C=O) groups excluding carboxylic acids is 2. The number of Topliss-reactive ketones (excluding diaryl/α,β-unsaturated/α-hetero) is 1. The molecule has 0 aliphatic rings. The molecule has 0 radical (unpaired) electrons. The van der Waals surface area contributed by atoms with Crippen molar-refractivity contribution in [3.05, 3.63) is 69.7 Å². The lowest BCUT2D eigenvalue weighted by atomic mass is 10.1. The summed E-state index contributed by atoms with van der Waals surface area (Å²) in [5.41, 5.74) is 1.23. The maximum Gasteiger partial charge on any atom is 0.338 e. The van der Waals surface area contributed by atoms with E-state index in [9.17, 15) is 9.59 Å². The van der Waals surface area contributed by atoms with Crippen molar-refractivity contribution in [3.8, 4) is 6.07 Å². The monoisotopic (exact) mass is 357 g/mol. The van der Waals surface area contributed by atoms with E-state index in [-0.39, 0.29) is 5.78 Å². The van der Waals surface area contributed by atoms with Crippen LogP contribution in [0.3, 0.4) is 0 Å². The van der Waals surface area contributed by atoms with Crippen LogP contribution in [0.5, 0.6) is 0 Å². The maximum atomic E-state index is 12.2. The molecule has 0 aliphatic carbocycles. The number of halogens is 1. The first-order chi connectivity index (χ1) is 10.5. The SMILES string of the molecule is CC(OC(=O)c1ccc(C#N)cc1)C(=O)c1ccc(Br)cc1. The molecular formula is C17H12BrNO3. The molecule has 0 amide bonds. The lowest BCUT2D eigenvalue weighted by Gasteiger charge is -2.12. The van der Waals surface area contributed by atoms with Gasteiger partial charge in [0.25, 0.3) is 0 Å². The molecule has 0 N–H and O–H groups in total. The van der Waals surface area contributed by atoms with E-state index >= 15 is 0 Å². The highest BCUT2D eigenvalue weighted by Crippen LogP contribution is 2.14. The summed E-state index contributed by atoms with van der Waals surface area (Å²) in [6.45, 7) is 1.53. The van der Waals surface area contributed by atoms with Gasteiger partial charge in [-0.3, -0.25) is 4.79 Å². The van der Waals surface area contributed by atoms with Gasteiger partial charge in [0, 0.05) is 10.0 Å². The number of nitriles is 1. The molecule has 4 nitrogen and oxygen atoms in total. The summed E-state index contributed by atoms with van der Waals surface area (Å²) in [4.78, 5) is 24.2. The lowest BCUT2D eigenvalue weighted by Crippen LogP contribution is -2.24. The summed E-state index contributed by atoms with van der Waals surface area (Å²) in [6.07, 6.45) is -0.885. The van der Waals surface area contributed by atoms with Crippen molar-refractivity contribution in [2.45, 2.75) is 13.0 Å². The van der Waals surface area contributed by atoms with E-state index in [0.29, 0.717) is 16.7 Å². The third-order valence-corrected chi connectivity index (χ3v) is 3.56. The molecule has 2 aromatic rings.